The van der Waals surface area contributed by atoms with Crippen molar-refractivity contribution in [3.05, 3.63) is 65.2 Å². The molecule has 0 saturated carbocycles. The highest BCUT2D eigenvalue weighted by atomic mass is 35.5. The lowest BCUT2D eigenvalue weighted by molar-refractivity contribution is 0.111. The Balaban J connectivity index is 1.64. The van der Waals surface area contributed by atoms with Crippen LogP contribution in [0.1, 0.15) is 11.6 Å². The average Bonchev–Trinajstić information content (AvgIpc) is 2.66. The Morgan fingerprint density at radius 2 is 1.69 bits per heavy atom. The summed E-state index contributed by atoms with van der Waals surface area (Å²) >= 11 is 6.11. The number of urea groups is 1. The molecule has 138 valence electrons. The normalized spacial score (nSPS) is 16.8. The molecule has 5 nitrogen and oxygen atoms in total. The van der Waals surface area contributed by atoms with Gasteiger partial charge in [-0.05, 0) is 24.7 Å². The first-order valence-corrected chi connectivity index (χ1v) is 9.28. The summed E-state index contributed by atoms with van der Waals surface area (Å²) in [5, 5.41) is 6.35. The lowest BCUT2D eigenvalue weighted by Gasteiger charge is -2.38. The average molecular weight is 373 g/mol. The topological polar surface area (TPSA) is 47.6 Å². The molecule has 1 fully saturated rings. The fourth-order valence-electron chi connectivity index (χ4n) is 3.19. The Bertz CT molecular complexity index is 717. The quantitative estimate of drug-likeness (QED) is 0.845. The van der Waals surface area contributed by atoms with Crippen LogP contribution in [-0.2, 0) is 0 Å². The maximum Gasteiger partial charge on any atom is 0.319 e. The van der Waals surface area contributed by atoms with Gasteiger partial charge in [-0.3, -0.25) is 4.90 Å². The molecule has 2 aromatic rings. The zero-order valence-electron chi connectivity index (χ0n) is 15.0. The Kier molecular flexibility index (Phi) is 6.50. The van der Waals surface area contributed by atoms with Gasteiger partial charge >= 0.3 is 6.03 Å². The molecule has 6 heteroatoms. The molecule has 1 saturated heterocycles. The summed E-state index contributed by atoms with van der Waals surface area (Å²) in [6, 6.07) is 17.5. The summed E-state index contributed by atoms with van der Waals surface area (Å²) in [4.78, 5) is 17.1. The molecule has 26 heavy (non-hydrogen) atoms. The van der Waals surface area contributed by atoms with Gasteiger partial charge in [-0.15, -0.1) is 0 Å². The monoisotopic (exact) mass is 372 g/mol. The number of nitrogens with one attached hydrogen (secondary N) is 2. The number of halogens is 1. The van der Waals surface area contributed by atoms with Crippen molar-refractivity contribution in [2.24, 2.45) is 0 Å². The lowest BCUT2D eigenvalue weighted by Crippen LogP contribution is -2.48. The minimum absolute atomic E-state index is 0.155. The fraction of sp³-hybridized carbons (Fsp3) is 0.350. The molecule has 0 aromatic heterocycles. The van der Waals surface area contributed by atoms with Gasteiger partial charge in [0.15, 0.2) is 0 Å². The molecule has 2 amide bonds. The van der Waals surface area contributed by atoms with Crippen molar-refractivity contribution in [3.8, 4) is 0 Å². The van der Waals surface area contributed by atoms with E-state index in [0.29, 0.717) is 17.3 Å². The first-order chi connectivity index (χ1) is 12.6. The maximum atomic E-state index is 12.3. The molecular weight excluding hydrogens is 348 g/mol. The molecule has 3 rings (SSSR count). The van der Waals surface area contributed by atoms with E-state index in [9.17, 15) is 4.79 Å². The number of likely N-dealkylation sites (N-methyl/N-ethyl adjacent to an activating group) is 1. The molecular formula is C20H25ClN4O. The number of amides is 2. The number of carbonyl (C=O) groups excluding carboxylic acids is 1. The molecule has 0 spiro atoms. The van der Waals surface area contributed by atoms with Gasteiger partial charge in [-0.2, -0.15) is 0 Å². The lowest BCUT2D eigenvalue weighted by atomic mass is 10.0. The number of anilines is 1. The Morgan fingerprint density at radius 1 is 1.04 bits per heavy atom. The predicted octanol–water partition coefficient (Wildman–Crippen LogP) is 3.45. The van der Waals surface area contributed by atoms with Gasteiger partial charge < -0.3 is 15.5 Å². The zero-order valence-corrected chi connectivity index (χ0v) is 15.7. The SMILES string of the molecule is CN1CCN(C(CNC(=O)Nc2ccccc2Cl)c2ccccc2)CC1. The van der Waals surface area contributed by atoms with E-state index in [1.54, 1.807) is 12.1 Å². The van der Waals surface area contributed by atoms with E-state index in [-0.39, 0.29) is 12.1 Å². The second-order valence-corrected chi connectivity index (χ2v) is 6.99. The third kappa shape index (κ3) is 4.97. The van der Waals surface area contributed by atoms with Crippen molar-refractivity contribution in [3.63, 3.8) is 0 Å². The maximum absolute atomic E-state index is 12.3. The Hall–Kier alpha value is -2.08. The summed E-state index contributed by atoms with van der Waals surface area (Å²) in [5.74, 6) is 0. The van der Waals surface area contributed by atoms with Crippen molar-refractivity contribution in [2.75, 3.05) is 45.1 Å². The minimum atomic E-state index is -0.242. The first-order valence-electron chi connectivity index (χ1n) is 8.90. The molecule has 1 unspecified atom stereocenters. The van der Waals surface area contributed by atoms with Crippen LogP contribution in [0.4, 0.5) is 10.5 Å². The summed E-state index contributed by atoms with van der Waals surface area (Å²) in [6.45, 7) is 4.60. The van der Waals surface area contributed by atoms with Crippen LogP contribution in [-0.4, -0.2) is 55.6 Å². The molecule has 0 bridgehead atoms. The van der Waals surface area contributed by atoms with Crippen LogP contribution in [0.2, 0.25) is 5.02 Å². The number of benzene rings is 2. The highest BCUT2D eigenvalue weighted by Crippen LogP contribution is 2.22. The molecule has 0 aliphatic carbocycles. The highest BCUT2D eigenvalue weighted by molar-refractivity contribution is 6.33. The molecule has 2 aromatic carbocycles. The highest BCUT2D eigenvalue weighted by Gasteiger charge is 2.24. The number of para-hydroxylation sites is 1. The van der Waals surface area contributed by atoms with Crippen molar-refractivity contribution in [1.29, 1.82) is 0 Å². The van der Waals surface area contributed by atoms with E-state index in [1.807, 2.05) is 30.3 Å². The first kappa shape index (κ1) is 18.7. The second kappa shape index (κ2) is 9.03. The van der Waals surface area contributed by atoms with Crippen LogP contribution >= 0.6 is 11.6 Å². The van der Waals surface area contributed by atoms with Crippen molar-refractivity contribution in [2.45, 2.75) is 6.04 Å². The third-order valence-electron chi connectivity index (χ3n) is 4.74. The molecule has 2 N–H and O–H groups in total. The van der Waals surface area contributed by atoms with Crippen LogP contribution < -0.4 is 10.6 Å². The van der Waals surface area contributed by atoms with Crippen LogP contribution in [0.25, 0.3) is 0 Å². The Labute approximate surface area is 159 Å². The van der Waals surface area contributed by atoms with Crippen LogP contribution in [0.5, 0.6) is 0 Å². The summed E-state index contributed by atoms with van der Waals surface area (Å²) in [7, 11) is 2.14. The minimum Gasteiger partial charge on any atom is -0.336 e. The van der Waals surface area contributed by atoms with Gasteiger partial charge in [-0.25, -0.2) is 4.79 Å². The third-order valence-corrected chi connectivity index (χ3v) is 5.07. The van der Waals surface area contributed by atoms with Crippen molar-refractivity contribution in [1.82, 2.24) is 15.1 Å². The summed E-state index contributed by atoms with van der Waals surface area (Å²) in [6.07, 6.45) is 0. The van der Waals surface area contributed by atoms with Crippen LogP contribution in [0.3, 0.4) is 0 Å². The number of hydrogen-bond acceptors (Lipinski definition) is 3. The number of carbonyl (C=O) groups is 1. The summed E-state index contributed by atoms with van der Waals surface area (Å²) in [5.41, 5.74) is 1.83. The van der Waals surface area contributed by atoms with E-state index in [2.05, 4.69) is 39.6 Å². The van der Waals surface area contributed by atoms with Crippen LogP contribution in [0, 0.1) is 0 Å². The number of hydrogen-bond donors (Lipinski definition) is 2. The van der Waals surface area contributed by atoms with Gasteiger partial charge in [-0.1, -0.05) is 54.1 Å². The van der Waals surface area contributed by atoms with Gasteiger partial charge in [0, 0.05) is 32.7 Å². The molecule has 1 atom stereocenters. The van der Waals surface area contributed by atoms with E-state index >= 15 is 0 Å². The van der Waals surface area contributed by atoms with Crippen molar-refractivity contribution >= 4 is 23.3 Å². The van der Waals surface area contributed by atoms with E-state index < -0.39 is 0 Å². The van der Waals surface area contributed by atoms with Gasteiger partial charge in [0.2, 0.25) is 0 Å². The number of nitrogens with zero attached hydrogens (tertiary/aromatic N) is 2. The molecule has 1 heterocycles. The van der Waals surface area contributed by atoms with E-state index in [1.165, 1.54) is 5.56 Å². The van der Waals surface area contributed by atoms with Gasteiger partial charge in [0.25, 0.3) is 0 Å². The zero-order chi connectivity index (χ0) is 18.4. The van der Waals surface area contributed by atoms with Crippen LogP contribution in [0.15, 0.2) is 54.6 Å². The van der Waals surface area contributed by atoms with Gasteiger partial charge in [0.05, 0.1) is 16.8 Å². The number of piperazine rings is 1. The largest absolute Gasteiger partial charge is 0.336 e. The van der Waals surface area contributed by atoms with Gasteiger partial charge in [0.1, 0.15) is 0 Å². The molecule has 1 aliphatic heterocycles. The van der Waals surface area contributed by atoms with E-state index in [4.69, 9.17) is 11.6 Å². The standard InChI is InChI=1S/C20H25ClN4O/c1-24-11-13-25(14-12-24)19(16-7-3-2-4-8-16)15-22-20(26)23-18-10-6-5-9-17(18)21/h2-10,19H,11-15H2,1H3,(H2,22,23,26). The van der Waals surface area contributed by atoms with Crippen molar-refractivity contribution < 1.29 is 4.79 Å². The fourth-order valence-corrected chi connectivity index (χ4v) is 3.37. The summed E-state index contributed by atoms with van der Waals surface area (Å²) < 4.78 is 0. The number of rotatable bonds is 5. The van der Waals surface area contributed by atoms with E-state index in [0.717, 1.165) is 26.2 Å². The smallest absolute Gasteiger partial charge is 0.319 e. The predicted molar refractivity (Wildman–Crippen MR) is 107 cm³/mol. The Morgan fingerprint density at radius 3 is 2.38 bits per heavy atom. The molecule has 0 radical (unpaired) electrons. The second-order valence-electron chi connectivity index (χ2n) is 6.58. The molecule has 1 aliphatic rings.